The van der Waals surface area contributed by atoms with Crippen molar-refractivity contribution >= 4 is 21.6 Å². The van der Waals surface area contributed by atoms with E-state index in [1.54, 1.807) is 7.05 Å². The van der Waals surface area contributed by atoms with Crippen molar-refractivity contribution in [2.24, 2.45) is 5.92 Å². The monoisotopic (exact) mass is 319 g/mol. The zero-order chi connectivity index (χ0) is 15.2. The zero-order valence-electron chi connectivity index (χ0n) is 12.2. The number of hydrogen-bond acceptors (Lipinski definition) is 3. The lowest BCUT2D eigenvalue weighted by molar-refractivity contribution is 0.332. The largest absolute Gasteiger partial charge is 0.494 e. The summed E-state index contributed by atoms with van der Waals surface area (Å²) >= 11 is 5.69. The molecule has 0 radical (unpaired) electrons. The maximum absolute atomic E-state index is 12.2. The Morgan fingerprint density at radius 3 is 2.60 bits per heavy atom. The molecule has 0 saturated heterocycles. The number of para-hydroxylation sites is 1. The summed E-state index contributed by atoms with van der Waals surface area (Å²) in [6.45, 7) is 4.58. The van der Waals surface area contributed by atoms with Gasteiger partial charge in [0.15, 0.2) is 0 Å². The van der Waals surface area contributed by atoms with E-state index in [9.17, 15) is 8.42 Å². The van der Waals surface area contributed by atoms with Gasteiger partial charge in [0.05, 0.1) is 12.4 Å². The summed E-state index contributed by atoms with van der Waals surface area (Å²) in [6.07, 6.45) is 0. The van der Waals surface area contributed by atoms with E-state index in [4.69, 9.17) is 16.3 Å². The predicted molar refractivity (Wildman–Crippen MR) is 82.7 cm³/mol. The molecule has 1 rings (SSSR count). The zero-order valence-corrected chi connectivity index (χ0v) is 13.7. The average molecular weight is 320 g/mol. The van der Waals surface area contributed by atoms with Crippen molar-refractivity contribution in [2.45, 2.75) is 20.4 Å². The van der Waals surface area contributed by atoms with Gasteiger partial charge in [-0.2, -0.15) is 0 Å². The summed E-state index contributed by atoms with van der Waals surface area (Å²) in [5.74, 6) is 1.06. The first-order chi connectivity index (χ1) is 9.40. The van der Waals surface area contributed by atoms with E-state index in [0.717, 1.165) is 11.3 Å². The van der Waals surface area contributed by atoms with Crippen LogP contribution >= 0.6 is 11.6 Å². The van der Waals surface area contributed by atoms with Crippen molar-refractivity contribution in [1.82, 2.24) is 4.31 Å². The van der Waals surface area contributed by atoms with Gasteiger partial charge < -0.3 is 4.74 Å². The van der Waals surface area contributed by atoms with Crippen LogP contribution in [0, 0.1) is 5.92 Å². The first-order valence-electron chi connectivity index (χ1n) is 6.61. The lowest BCUT2D eigenvalue weighted by atomic mass is 10.2. The van der Waals surface area contributed by atoms with Crippen LogP contribution in [0.5, 0.6) is 5.75 Å². The van der Waals surface area contributed by atoms with Crippen molar-refractivity contribution in [3.05, 3.63) is 29.8 Å². The Morgan fingerprint density at radius 2 is 2.00 bits per heavy atom. The number of halogens is 1. The molecule has 0 aliphatic carbocycles. The Bertz CT molecular complexity index is 519. The van der Waals surface area contributed by atoms with Crippen molar-refractivity contribution in [2.75, 3.05) is 25.3 Å². The van der Waals surface area contributed by atoms with E-state index in [0.29, 0.717) is 19.0 Å². The van der Waals surface area contributed by atoms with Crippen molar-refractivity contribution in [3.8, 4) is 5.75 Å². The number of ether oxygens (including phenoxy) is 1. The maximum Gasteiger partial charge on any atom is 0.214 e. The highest BCUT2D eigenvalue weighted by Crippen LogP contribution is 2.21. The molecule has 0 N–H and O–H groups in total. The molecule has 0 spiro atoms. The molecular weight excluding hydrogens is 298 g/mol. The molecule has 0 heterocycles. The lowest BCUT2D eigenvalue weighted by Gasteiger charge is -2.20. The van der Waals surface area contributed by atoms with Crippen LogP contribution in [-0.4, -0.2) is 38.0 Å². The number of sulfonamides is 1. The van der Waals surface area contributed by atoms with Crippen LogP contribution in [0.1, 0.15) is 19.4 Å². The van der Waals surface area contributed by atoms with E-state index in [1.165, 1.54) is 4.31 Å². The van der Waals surface area contributed by atoms with Gasteiger partial charge in [0, 0.05) is 25.0 Å². The van der Waals surface area contributed by atoms with Gasteiger partial charge in [0.2, 0.25) is 10.0 Å². The Hall–Kier alpha value is -0.780. The van der Waals surface area contributed by atoms with E-state index in [1.807, 2.05) is 38.1 Å². The molecule has 0 saturated carbocycles. The molecule has 0 aromatic heterocycles. The van der Waals surface area contributed by atoms with Crippen molar-refractivity contribution < 1.29 is 13.2 Å². The second-order valence-electron chi connectivity index (χ2n) is 4.83. The van der Waals surface area contributed by atoms with Gasteiger partial charge in [0.1, 0.15) is 5.75 Å². The third-order valence-corrected chi connectivity index (χ3v) is 5.49. The molecule has 114 valence electrons. The Kier molecular flexibility index (Phi) is 6.79. The molecular formula is C14H22ClNO3S. The van der Waals surface area contributed by atoms with Gasteiger partial charge in [-0.3, -0.25) is 0 Å². The number of nitrogens with zero attached hydrogens (tertiary/aromatic N) is 1. The molecule has 20 heavy (non-hydrogen) atoms. The normalized spacial score (nSPS) is 13.4. The van der Waals surface area contributed by atoms with Crippen LogP contribution in [0.25, 0.3) is 0 Å². The minimum atomic E-state index is -3.31. The average Bonchev–Trinajstić information content (AvgIpc) is 2.40. The minimum absolute atomic E-state index is 0.0593. The summed E-state index contributed by atoms with van der Waals surface area (Å²) in [5, 5.41) is 0. The molecule has 1 aromatic carbocycles. The predicted octanol–water partition coefficient (Wildman–Crippen LogP) is 2.72. The SMILES string of the molecule is CCOc1ccccc1CN(C)S(=O)(=O)CC(C)CCl. The molecule has 4 nitrogen and oxygen atoms in total. The molecule has 0 amide bonds. The summed E-state index contributed by atoms with van der Waals surface area (Å²) in [7, 11) is -1.73. The molecule has 0 bridgehead atoms. The van der Waals surface area contributed by atoms with Crippen molar-refractivity contribution in [3.63, 3.8) is 0 Å². The first kappa shape index (κ1) is 17.3. The van der Waals surface area contributed by atoms with Crippen molar-refractivity contribution in [1.29, 1.82) is 0 Å². The maximum atomic E-state index is 12.2. The summed E-state index contributed by atoms with van der Waals surface area (Å²) in [6, 6.07) is 7.47. The van der Waals surface area contributed by atoms with Crippen LogP contribution in [0.2, 0.25) is 0 Å². The fourth-order valence-corrected chi connectivity index (χ4v) is 3.47. The minimum Gasteiger partial charge on any atom is -0.494 e. The number of rotatable bonds is 8. The highest BCUT2D eigenvalue weighted by molar-refractivity contribution is 7.89. The number of benzene rings is 1. The van der Waals surface area contributed by atoms with Crippen LogP contribution in [-0.2, 0) is 16.6 Å². The van der Waals surface area contributed by atoms with E-state index in [-0.39, 0.29) is 11.7 Å². The fourth-order valence-electron chi connectivity index (χ4n) is 1.80. The first-order valence-corrected chi connectivity index (χ1v) is 8.75. The van der Waals surface area contributed by atoms with E-state index >= 15 is 0 Å². The van der Waals surface area contributed by atoms with Gasteiger partial charge >= 0.3 is 0 Å². The van der Waals surface area contributed by atoms with Gasteiger partial charge in [-0.15, -0.1) is 11.6 Å². The third kappa shape index (κ3) is 4.96. The van der Waals surface area contributed by atoms with Crippen LogP contribution in [0.4, 0.5) is 0 Å². The van der Waals surface area contributed by atoms with Gasteiger partial charge in [0.25, 0.3) is 0 Å². The standard InChI is InChI=1S/C14H22ClNO3S/c1-4-19-14-8-6-5-7-13(14)10-16(3)20(17,18)11-12(2)9-15/h5-8,12H,4,9-11H2,1-3H3. The number of hydrogen-bond donors (Lipinski definition) is 0. The molecule has 6 heteroatoms. The molecule has 0 aliphatic heterocycles. The highest BCUT2D eigenvalue weighted by atomic mass is 35.5. The Morgan fingerprint density at radius 1 is 1.35 bits per heavy atom. The Labute approximate surface area is 126 Å². The van der Waals surface area contributed by atoms with Crippen LogP contribution in [0.3, 0.4) is 0 Å². The lowest BCUT2D eigenvalue weighted by Crippen LogP contribution is -2.31. The summed E-state index contributed by atoms with van der Waals surface area (Å²) < 4.78 is 31.3. The molecule has 1 atom stereocenters. The third-order valence-electron chi connectivity index (χ3n) is 2.90. The van der Waals surface area contributed by atoms with Crippen LogP contribution in [0.15, 0.2) is 24.3 Å². The van der Waals surface area contributed by atoms with Crippen LogP contribution < -0.4 is 4.74 Å². The smallest absolute Gasteiger partial charge is 0.214 e. The van der Waals surface area contributed by atoms with E-state index in [2.05, 4.69) is 0 Å². The molecule has 0 aliphatic rings. The summed E-state index contributed by atoms with van der Waals surface area (Å²) in [4.78, 5) is 0. The van der Waals surface area contributed by atoms with Gasteiger partial charge in [-0.05, 0) is 18.9 Å². The second-order valence-corrected chi connectivity index (χ2v) is 7.26. The topological polar surface area (TPSA) is 46.6 Å². The fraction of sp³-hybridized carbons (Fsp3) is 0.571. The molecule has 1 aromatic rings. The Balaban J connectivity index is 2.82. The second kappa shape index (κ2) is 7.86. The quantitative estimate of drug-likeness (QED) is 0.692. The molecule has 1 unspecified atom stereocenters. The highest BCUT2D eigenvalue weighted by Gasteiger charge is 2.21. The molecule has 0 fully saturated rings. The van der Waals surface area contributed by atoms with Gasteiger partial charge in [-0.25, -0.2) is 12.7 Å². The summed E-state index contributed by atoms with van der Waals surface area (Å²) in [5.41, 5.74) is 0.860. The van der Waals surface area contributed by atoms with E-state index < -0.39 is 10.0 Å². The van der Waals surface area contributed by atoms with Gasteiger partial charge in [-0.1, -0.05) is 25.1 Å². The number of alkyl halides is 1.